The van der Waals surface area contributed by atoms with Gasteiger partial charge in [-0.25, -0.2) is 9.37 Å². The Labute approximate surface area is 99.2 Å². The van der Waals surface area contributed by atoms with Crippen molar-refractivity contribution in [2.75, 3.05) is 0 Å². The molecule has 0 fully saturated rings. The smallest absolute Gasteiger partial charge is 0.181 e. The maximum Gasteiger partial charge on any atom is 0.181 e. The lowest BCUT2D eigenvalue weighted by molar-refractivity contribution is 0.569. The topological polar surface area (TPSA) is 26.0 Å². The van der Waals surface area contributed by atoms with Gasteiger partial charge in [-0.2, -0.15) is 0 Å². The van der Waals surface area contributed by atoms with Crippen LogP contribution in [0.1, 0.15) is 5.69 Å². The van der Waals surface area contributed by atoms with Gasteiger partial charge in [0, 0.05) is 10.9 Å². The minimum Gasteiger partial charge on any atom is -0.443 e. The molecule has 0 saturated heterocycles. The van der Waals surface area contributed by atoms with E-state index in [1.807, 2.05) is 0 Å². The average Bonchev–Trinajstić information content (AvgIpc) is 2.70. The van der Waals surface area contributed by atoms with Gasteiger partial charge in [-0.05, 0) is 12.1 Å². The molecule has 2 aromatic rings. The zero-order valence-corrected chi connectivity index (χ0v) is 9.85. The minimum atomic E-state index is -0.467. The molecule has 0 aliphatic rings. The summed E-state index contributed by atoms with van der Waals surface area (Å²) in [6.45, 7) is 0. The Morgan fingerprint density at radius 1 is 1.47 bits per heavy atom. The van der Waals surface area contributed by atoms with E-state index in [1.54, 1.807) is 12.1 Å². The number of hydrogen-bond acceptors (Lipinski definition) is 2. The third-order valence-corrected chi connectivity index (χ3v) is 2.88. The summed E-state index contributed by atoms with van der Waals surface area (Å²) in [4.78, 5) is 3.99. The molecule has 0 bridgehead atoms. The number of oxazole rings is 1. The molecule has 0 radical (unpaired) electrons. The third-order valence-electron chi connectivity index (χ3n) is 1.96. The quantitative estimate of drug-likeness (QED) is 0.781. The van der Waals surface area contributed by atoms with Crippen LogP contribution in [0.5, 0.6) is 0 Å². The van der Waals surface area contributed by atoms with Gasteiger partial charge in [0.25, 0.3) is 0 Å². The Morgan fingerprint density at radius 2 is 2.27 bits per heavy atom. The predicted octanol–water partition coefficient (Wildman–Crippen LogP) is 4.03. The van der Waals surface area contributed by atoms with Crippen LogP contribution in [0.25, 0.3) is 11.3 Å². The summed E-state index contributed by atoms with van der Waals surface area (Å²) in [6, 6.07) is 4.57. The highest BCUT2D eigenvalue weighted by atomic mass is 79.9. The van der Waals surface area contributed by atoms with E-state index in [-0.39, 0.29) is 5.02 Å². The van der Waals surface area contributed by atoms with E-state index in [2.05, 4.69) is 20.9 Å². The lowest BCUT2D eigenvalue weighted by atomic mass is 10.1. The van der Waals surface area contributed by atoms with Gasteiger partial charge in [-0.15, -0.1) is 0 Å². The van der Waals surface area contributed by atoms with Gasteiger partial charge < -0.3 is 4.42 Å². The summed E-state index contributed by atoms with van der Waals surface area (Å²) in [5, 5.41) is 0.586. The van der Waals surface area contributed by atoms with Crippen molar-refractivity contribution in [3.05, 3.63) is 41.1 Å². The van der Waals surface area contributed by atoms with Gasteiger partial charge in [0.15, 0.2) is 12.2 Å². The standard InChI is InChI=1S/C10H6BrClFNO/c11-4-8-10(15-5-14-8)6-2-1-3-7(13)9(6)12/h1-3,5H,4H2. The molecule has 0 aliphatic heterocycles. The van der Waals surface area contributed by atoms with Crippen molar-refractivity contribution in [3.8, 4) is 11.3 Å². The molecule has 0 aliphatic carbocycles. The molecule has 1 aromatic heterocycles. The fraction of sp³-hybridized carbons (Fsp3) is 0.100. The van der Waals surface area contributed by atoms with Crippen LogP contribution in [0.4, 0.5) is 4.39 Å². The van der Waals surface area contributed by atoms with E-state index >= 15 is 0 Å². The van der Waals surface area contributed by atoms with Gasteiger partial charge in [0.1, 0.15) is 5.82 Å². The molecule has 78 valence electrons. The Balaban J connectivity index is 2.59. The first-order valence-electron chi connectivity index (χ1n) is 4.16. The molecule has 2 rings (SSSR count). The maximum absolute atomic E-state index is 13.2. The molecule has 5 heteroatoms. The minimum absolute atomic E-state index is 0.0523. The van der Waals surface area contributed by atoms with Crippen molar-refractivity contribution in [1.29, 1.82) is 0 Å². The zero-order chi connectivity index (χ0) is 10.8. The summed E-state index contributed by atoms with van der Waals surface area (Å²) < 4.78 is 18.4. The monoisotopic (exact) mass is 289 g/mol. The summed E-state index contributed by atoms with van der Waals surface area (Å²) in [7, 11) is 0. The van der Waals surface area contributed by atoms with Crippen LogP contribution in [0.15, 0.2) is 29.0 Å². The highest BCUT2D eigenvalue weighted by Crippen LogP contribution is 2.32. The fourth-order valence-corrected chi connectivity index (χ4v) is 1.87. The summed E-state index contributed by atoms with van der Waals surface area (Å²) in [6.07, 6.45) is 1.31. The van der Waals surface area contributed by atoms with Gasteiger partial charge in [-0.1, -0.05) is 33.6 Å². The first-order chi connectivity index (χ1) is 7.24. The van der Waals surface area contributed by atoms with Gasteiger partial charge in [0.05, 0.1) is 10.7 Å². The van der Waals surface area contributed by atoms with Gasteiger partial charge in [-0.3, -0.25) is 0 Å². The molecule has 0 unspecified atom stereocenters. The summed E-state index contributed by atoms with van der Waals surface area (Å²) >= 11 is 9.10. The second-order valence-electron chi connectivity index (χ2n) is 2.86. The molecule has 0 amide bonds. The van der Waals surface area contributed by atoms with Crippen LogP contribution < -0.4 is 0 Å². The van der Waals surface area contributed by atoms with E-state index in [9.17, 15) is 4.39 Å². The number of alkyl halides is 1. The summed E-state index contributed by atoms with van der Waals surface area (Å²) in [5.74, 6) is 0.0301. The first kappa shape index (κ1) is 10.6. The molecule has 2 nitrogen and oxygen atoms in total. The second-order valence-corrected chi connectivity index (χ2v) is 3.80. The third kappa shape index (κ3) is 1.92. The Hall–Kier alpha value is -0.870. The molecular formula is C10H6BrClFNO. The van der Waals surface area contributed by atoms with E-state index in [0.29, 0.717) is 22.3 Å². The van der Waals surface area contributed by atoms with Gasteiger partial charge >= 0.3 is 0 Å². The molecule has 0 saturated carbocycles. The van der Waals surface area contributed by atoms with Crippen LogP contribution in [0, 0.1) is 5.82 Å². The van der Waals surface area contributed by atoms with Gasteiger partial charge in [0.2, 0.25) is 0 Å². The van der Waals surface area contributed by atoms with Crippen molar-refractivity contribution in [2.45, 2.75) is 5.33 Å². The van der Waals surface area contributed by atoms with Crippen LogP contribution in [0.3, 0.4) is 0 Å². The Bertz CT molecular complexity index is 486. The highest BCUT2D eigenvalue weighted by Gasteiger charge is 2.14. The Kier molecular flexibility index (Phi) is 3.07. The number of benzene rings is 1. The van der Waals surface area contributed by atoms with E-state index in [4.69, 9.17) is 16.0 Å². The molecule has 0 atom stereocenters. The number of hydrogen-bond donors (Lipinski definition) is 0. The van der Waals surface area contributed by atoms with E-state index in [0.717, 1.165) is 0 Å². The Morgan fingerprint density at radius 3 is 3.00 bits per heavy atom. The first-order valence-corrected chi connectivity index (χ1v) is 5.66. The number of rotatable bonds is 2. The zero-order valence-electron chi connectivity index (χ0n) is 7.51. The number of halogens is 3. The highest BCUT2D eigenvalue weighted by molar-refractivity contribution is 9.08. The van der Waals surface area contributed by atoms with Crippen molar-refractivity contribution in [1.82, 2.24) is 4.98 Å². The van der Waals surface area contributed by atoms with Crippen LogP contribution in [-0.2, 0) is 5.33 Å². The largest absolute Gasteiger partial charge is 0.443 e. The van der Waals surface area contributed by atoms with Crippen molar-refractivity contribution < 1.29 is 8.81 Å². The average molecular weight is 291 g/mol. The molecular weight excluding hydrogens is 284 g/mol. The number of nitrogens with zero attached hydrogens (tertiary/aromatic N) is 1. The fourth-order valence-electron chi connectivity index (χ4n) is 1.26. The SMILES string of the molecule is Fc1cccc(-c2ocnc2CBr)c1Cl. The van der Waals surface area contributed by atoms with Crippen LogP contribution in [0.2, 0.25) is 5.02 Å². The van der Waals surface area contributed by atoms with Crippen LogP contribution in [-0.4, -0.2) is 4.98 Å². The predicted molar refractivity (Wildman–Crippen MR) is 59.5 cm³/mol. The summed E-state index contributed by atoms with van der Waals surface area (Å²) in [5.41, 5.74) is 1.21. The number of aromatic nitrogens is 1. The second kappa shape index (κ2) is 4.33. The van der Waals surface area contributed by atoms with Crippen LogP contribution >= 0.6 is 27.5 Å². The van der Waals surface area contributed by atoms with E-state index in [1.165, 1.54) is 12.5 Å². The molecule has 15 heavy (non-hydrogen) atoms. The maximum atomic E-state index is 13.2. The van der Waals surface area contributed by atoms with Crippen molar-refractivity contribution in [3.63, 3.8) is 0 Å². The van der Waals surface area contributed by atoms with Crippen molar-refractivity contribution in [2.24, 2.45) is 0 Å². The molecule has 1 heterocycles. The van der Waals surface area contributed by atoms with Crippen molar-refractivity contribution >= 4 is 27.5 Å². The molecule has 0 spiro atoms. The molecule has 1 aromatic carbocycles. The normalized spacial score (nSPS) is 10.6. The van der Waals surface area contributed by atoms with E-state index < -0.39 is 5.82 Å². The lowest BCUT2D eigenvalue weighted by Gasteiger charge is -2.02. The lowest BCUT2D eigenvalue weighted by Crippen LogP contribution is -1.86. The molecule has 0 N–H and O–H groups in total.